The van der Waals surface area contributed by atoms with Crippen LogP contribution in [-0.4, -0.2) is 54.5 Å². The molecule has 3 heterocycles. The maximum atomic E-state index is 12.9. The fourth-order valence-electron chi connectivity index (χ4n) is 4.64. The quantitative estimate of drug-likeness (QED) is 0.671. The van der Waals surface area contributed by atoms with E-state index in [2.05, 4.69) is 40.0 Å². The van der Waals surface area contributed by atoms with E-state index < -0.39 is 0 Å². The van der Waals surface area contributed by atoms with Crippen molar-refractivity contribution in [1.82, 2.24) is 15.1 Å². The molecular formula is C25H34N4O2S. The normalized spacial score (nSPS) is 19.5. The molecule has 3 amide bonds. The number of para-hydroxylation sites is 1. The van der Waals surface area contributed by atoms with E-state index >= 15 is 0 Å². The molecule has 2 fully saturated rings. The van der Waals surface area contributed by atoms with Crippen molar-refractivity contribution in [1.29, 1.82) is 0 Å². The second kappa shape index (κ2) is 11.0. The summed E-state index contributed by atoms with van der Waals surface area (Å²) in [6, 6.07) is 14.0. The molecule has 32 heavy (non-hydrogen) atoms. The highest BCUT2D eigenvalue weighted by Crippen LogP contribution is 2.29. The zero-order chi connectivity index (χ0) is 22.3. The zero-order valence-electron chi connectivity index (χ0n) is 18.8. The molecule has 1 aromatic carbocycles. The molecule has 172 valence electrons. The highest BCUT2D eigenvalue weighted by atomic mass is 32.1. The molecule has 1 atom stereocenters. The molecule has 2 N–H and O–H groups in total. The first-order chi connectivity index (χ1) is 15.6. The van der Waals surface area contributed by atoms with Crippen LogP contribution in [0.3, 0.4) is 0 Å². The summed E-state index contributed by atoms with van der Waals surface area (Å²) in [6.45, 7) is 6.35. The summed E-state index contributed by atoms with van der Waals surface area (Å²) >= 11 is 1.77. The van der Waals surface area contributed by atoms with Crippen LogP contribution in [0.15, 0.2) is 47.8 Å². The SMILES string of the molecule is CC1CCN([C@@H](CNC(=O)N2CCC(C(=O)Nc3ccccc3)CC2)c2cccs2)CC1. The minimum atomic E-state index is -0.0477. The van der Waals surface area contributed by atoms with E-state index in [4.69, 9.17) is 0 Å². The first kappa shape index (κ1) is 22.8. The van der Waals surface area contributed by atoms with E-state index in [0.717, 1.165) is 24.7 Å². The van der Waals surface area contributed by atoms with Crippen LogP contribution in [0, 0.1) is 11.8 Å². The van der Waals surface area contributed by atoms with Gasteiger partial charge in [-0.1, -0.05) is 31.2 Å². The van der Waals surface area contributed by atoms with Gasteiger partial charge in [-0.3, -0.25) is 9.69 Å². The van der Waals surface area contributed by atoms with E-state index in [1.807, 2.05) is 35.2 Å². The fraction of sp³-hybridized carbons (Fsp3) is 0.520. The molecule has 1 aromatic heterocycles. The lowest BCUT2D eigenvalue weighted by molar-refractivity contribution is -0.121. The first-order valence-corrected chi connectivity index (χ1v) is 12.6. The van der Waals surface area contributed by atoms with Gasteiger partial charge in [0.15, 0.2) is 0 Å². The smallest absolute Gasteiger partial charge is 0.317 e. The van der Waals surface area contributed by atoms with Crippen LogP contribution in [0.1, 0.15) is 43.5 Å². The Kier molecular flexibility index (Phi) is 7.81. The third-order valence-corrected chi connectivity index (χ3v) is 7.75. The number of rotatable bonds is 6. The summed E-state index contributed by atoms with van der Waals surface area (Å²) in [6.07, 6.45) is 3.83. The molecule has 4 rings (SSSR count). The average molecular weight is 455 g/mol. The maximum absolute atomic E-state index is 12.9. The number of urea groups is 1. The molecule has 6 nitrogen and oxygen atoms in total. The molecule has 0 spiro atoms. The van der Waals surface area contributed by atoms with Gasteiger partial charge in [0.25, 0.3) is 0 Å². The predicted octanol–water partition coefficient (Wildman–Crippen LogP) is 4.58. The van der Waals surface area contributed by atoms with Crippen molar-refractivity contribution in [2.75, 3.05) is 38.0 Å². The van der Waals surface area contributed by atoms with Gasteiger partial charge in [0, 0.05) is 36.1 Å². The summed E-state index contributed by atoms with van der Waals surface area (Å²) in [5.41, 5.74) is 0.824. The molecular weight excluding hydrogens is 420 g/mol. The van der Waals surface area contributed by atoms with Gasteiger partial charge in [0.1, 0.15) is 0 Å². The van der Waals surface area contributed by atoms with Gasteiger partial charge >= 0.3 is 6.03 Å². The Balaban J connectivity index is 1.26. The molecule has 0 saturated carbocycles. The molecule has 0 radical (unpaired) electrons. The highest BCUT2D eigenvalue weighted by molar-refractivity contribution is 7.10. The van der Waals surface area contributed by atoms with Crippen LogP contribution in [0.25, 0.3) is 0 Å². The summed E-state index contributed by atoms with van der Waals surface area (Å²) in [7, 11) is 0. The molecule has 0 bridgehead atoms. The van der Waals surface area contributed by atoms with E-state index in [1.54, 1.807) is 11.3 Å². The van der Waals surface area contributed by atoms with E-state index in [0.29, 0.717) is 32.5 Å². The van der Waals surface area contributed by atoms with Gasteiger partial charge in [-0.25, -0.2) is 4.79 Å². The minimum absolute atomic E-state index is 0.0150. The number of piperidine rings is 2. The van der Waals surface area contributed by atoms with Gasteiger partial charge in [0.05, 0.1) is 6.04 Å². The van der Waals surface area contributed by atoms with Crippen LogP contribution in [0.2, 0.25) is 0 Å². The lowest BCUT2D eigenvalue weighted by Gasteiger charge is -2.37. The maximum Gasteiger partial charge on any atom is 0.317 e. The Morgan fingerprint density at radius 1 is 1.00 bits per heavy atom. The Labute approximate surface area is 195 Å². The topological polar surface area (TPSA) is 64.7 Å². The number of amides is 3. The van der Waals surface area contributed by atoms with Gasteiger partial charge < -0.3 is 15.5 Å². The molecule has 2 aromatic rings. The molecule has 2 aliphatic rings. The van der Waals surface area contributed by atoms with Gasteiger partial charge in [-0.2, -0.15) is 0 Å². The van der Waals surface area contributed by atoms with Crippen LogP contribution in [0.5, 0.6) is 0 Å². The van der Waals surface area contributed by atoms with Crippen LogP contribution >= 0.6 is 11.3 Å². The Hall–Kier alpha value is -2.38. The number of carbonyl (C=O) groups excluding carboxylic acids is 2. The van der Waals surface area contributed by atoms with E-state index in [-0.39, 0.29) is 23.9 Å². The van der Waals surface area contributed by atoms with Crippen molar-refractivity contribution in [3.05, 3.63) is 52.7 Å². The second-order valence-electron chi connectivity index (χ2n) is 9.05. The van der Waals surface area contributed by atoms with Gasteiger partial charge in [-0.05, 0) is 68.3 Å². The number of nitrogens with zero attached hydrogens (tertiary/aromatic N) is 2. The second-order valence-corrected chi connectivity index (χ2v) is 10.0. The minimum Gasteiger partial charge on any atom is -0.336 e. The third-order valence-electron chi connectivity index (χ3n) is 6.77. The number of carbonyl (C=O) groups is 2. The average Bonchev–Trinajstić information content (AvgIpc) is 3.35. The number of hydrogen-bond donors (Lipinski definition) is 2. The standard InChI is InChI=1S/C25H34N4O2S/c1-19-9-13-28(14-10-19)22(23-8-5-17-32-23)18-26-25(31)29-15-11-20(12-16-29)24(30)27-21-6-3-2-4-7-21/h2-8,17,19-20,22H,9-16,18H2,1H3,(H,26,31)(H,27,30)/t22-/m0/s1. The van der Waals surface area contributed by atoms with Crippen molar-refractivity contribution in [3.63, 3.8) is 0 Å². The van der Waals surface area contributed by atoms with Gasteiger partial charge in [-0.15, -0.1) is 11.3 Å². The number of anilines is 1. The zero-order valence-corrected chi connectivity index (χ0v) is 19.7. The summed E-state index contributed by atoms with van der Waals surface area (Å²) < 4.78 is 0. The number of thiophene rings is 1. The number of likely N-dealkylation sites (tertiary alicyclic amines) is 2. The Morgan fingerprint density at radius 3 is 2.38 bits per heavy atom. The van der Waals surface area contributed by atoms with Crippen LogP contribution in [-0.2, 0) is 4.79 Å². The van der Waals surface area contributed by atoms with E-state index in [9.17, 15) is 9.59 Å². The number of hydrogen-bond acceptors (Lipinski definition) is 4. The Morgan fingerprint density at radius 2 is 1.72 bits per heavy atom. The summed E-state index contributed by atoms with van der Waals surface area (Å²) in [5, 5.41) is 8.29. The third kappa shape index (κ3) is 5.90. The molecule has 2 saturated heterocycles. The largest absolute Gasteiger partial charge is 0.336 e. The van der Waals surface area contributed by atoms with Crippen molar-refractivity contribution in [2.24, 2.45) is 11.8 Å². The summed E-state index contributed by atoms with van der Waals surface area (Å²) in [4.78, 5) is 31.1. The molecule has 0 unspecified atom stereocenters. The highest BCUT2D eigenvalue weighted by Gasteiger charge is 2.29. The van der Waals surface area contributed by atoms with Crippen LogP contribution < -0.4 is 10.6 Å². The van der Waals surface area contributed by atoms with Crippen molar-refractivity contribution >= 4 is 29.0 Å². The fourth-order valence-corrected chi connectivity index (χ4v) is 5.50. The van der Waals surface area contributed by atoms with Crippen molar-refractivity contribution in [2.45, 2.75) is 38.6 Å². The van der Waals surface area contributed by atoms with E-state index in [1.165, 1.54) is 17.7 Å². The molecule has 0 aliphatic carbocycles. The number of benzene rings is 1. The predicted molar refractivity (Wildman–Crippen MR) is 130 cm³/mol. The van der Waals surface area contributed by atoms with Gasteiger partial charge in [0.2, 0.25) is 5.91 Å². The Bertz CT molecular complexity index is 857. The monoisotopic (exact) mass is 454 g/mol. The van der Waals surface area contributed by atoms with Crippen molar-refractivity contribution < 1.29 is 9.59 Å². The van der Waals surface area contributed by atoms with Crippen LogP contribution in [0.4, 0.5) is 10.5 Å². The molecule has 7 heteroatoms. The lowest BCUT2D eigenvalue weighted by atomic mass is 9.96. The summed E-state index contributed by atoms with van der Waals surface area (Å²) in [5.74, 6) is 0.784. The van der Waals surface area contributed by atoms with Crippen molar-refractivity contribution in [3.8, 4) is 0 Å². The number of nitrogens with one attached hydrogen (secondary N) is 2. The first-order valence-electron chi connectivity index (χ1n) is 11.8. The lowest BCUT2D eigenvalue weighted by Crippen LogP contribution is -2.48. The molecule has 2 aliphatic heterocycles.